The highest BCUT2D eigenvalue weighted by Crippen LogP contribution is 2.11. The van der Waals surface area contributed by atoms with Crippen molar-refractivity contribution < 1.29 is 0 Å². The van der Waals surface area contributed by atoms with Crippen LogP contribution in [0.5, 0.6) is 0 Å². The molecule has 0 aliphatic rings. The molecule has 1 heteroatoms. The van der Waals surface area contributed by atoms with Crippen LogP contribution in [0, 0.1) is 19.8 Å². The van der Waals surface area contributed by atoms with E-state index in [4.69, 9.17) is 0 Å². The molecule has 1 aromatic rings. The van der Waals surface area contributed by atoms with E-state index in [0.29, 0.717) is 6.04 Å². The molecule has 0 radical (unpaired) electrons. The molecular formula is C15H25N. The molecule has 2 atom stereocenters. The first-order chi connectivity index (χ1) is 7.54. The molecule has 0 aromatic heterocycles. The third-order valence-corrected chi connectivity index (χ3v) is 3.70. The van der Waals surface area contributed by atoms with Crippen LogP contribution in [0.3, 0.4) is 0 Å². The van der Waals surface area contributed by atoms with Gasteiger partial charge < -0.3 is 5.32 Å². The smallest absolute Gasteiger partial charge is 0.0208 e. The van der Waals surface area contributed by atoms with Crippen molar-refractivity contribution in [2.24, 2.45) is 5.92 Å². The van der Waals surface area contributed by atoms with E-state index < -0.39 is 0 Å². The van der Waals surface area contributed by atoms with Crippen molar-refractivity contribution in [3.63, 3.8) is 0 Å². The molecule has 2 unspecified atom stereocenters. The molecule has 1 aromatic carbocycles. The second-order valence-electron chi connectivity index (χ2n) is 4.97. The maximum atomic E-state index is 3.60. The van der Waals surface area contributed by atoms with Gasteiger partial charge in [-0.2, -0.15) is 0 Å². The van der Waals surface area contributed by atoms with E-state index in [0.717, 1.165) is 12.5 Å². The Labute approximate surface area is 100 Å². The quantitative estimate of drug-likeness (QED) is 0.793. The lowest BCUT2D eigenvalue weighted by atomic mass is 10.0. The zero-order valence-corrected chi connectivity index (χ0v) is 11.3. The van der Waals surface area contributed by atoms with E-state index in [2.05, 4.69) is 58.1 Å². The third kappa shape index (κ3) is 3.64. The molecule has 1 nitrogen and oxygen atoms in total. The van der Waals surface area contributed by atoms with Gasteiger partial charge in [0.15, 0.2) is 0 Å². The molecule has 0 amide bonds. The first kappa shape index (κ1) is 13.2. The number of benzene rings is 1. The van der Waals surface area contributed by atoms with E-state index in [-0.39, 0.29) is 0 Å². The van der Waals surface area contributed by atoms with Crippen LogP contribution in [0.1, 0.15) is 43.9 Å². The van der Waals surface area contributed by atoms with E-state index in [1.807, 2.05) is 0 Å². The molecule has 0 aliphatic heterocycles. The van der Waals surface area contributed by atoms with Gasteiger partial charge in [0, 0.05) is 12.6 Å². The summed E-state index contributed by atoms with van der Waals surface area (Å²) in [6, 6.07) is 7.30. The fourth-order valence-corrected chi connectivity index (χ4v) is 1.75. The molecule has 0 saturated heterocycles. The number of hydrogen-bond donors (Lipinski definition) is 1. The summed E-state index contributed by atoms with van der Waals surface area (Å²) >= 11 is 0. The molecule has 0 bridgehead atoms. The highest BCUT2D eigenvalue weighted by molar-refractivity contribution is 5.29. The van der Waals surface area contributed by atoms with Crippen LogP contribution in [-0.2, 0) is 6.54 Å². The Morgan fingerprint density at radius 1 is 1.12 bits per heavy atom. The van der Waals surface area contributed by atoms with Crippen LogP contribution in [0.2, 0.25) is 0 Å². The first-order valence-electron chi connectivity index (χ1n) is 6.34. The summed E-state index contributed by atoms with van der Waals surface area (Å²) < 4.78 is 0. The fraction of sp³-hybridized carbons (Fsp3) is 0.600. The highest BCUT2D eigenvalue weighted by Gasteiger charge is 2.08. The third-order valence-electron chi connectivity index (χ3n) is 3.70. The molecular weight excluding hydrogens is 194 g/mol. The highest BCUT2D eigenvalue weighted by atomic mass is 14.9. The van der Waals surface area contributed by atoms with Crippen molar-refractivity contribution in [3.05, 3.63) is 34.9 Å². The molecule has 16 heavy (non-hydrogen) atoms. The van der Waals surface area contributed by atoms with Gasteiger partial charge >= 0.3 is 0 Å². The lowest BCUT2D eigenvalue weighted by Gasteiger charge is -2.20. The number of hydrogen-bond acceptors (Lipinski definition) is 1. The van der Waals surface area contributed by atoms with Gasteiger partial charge in [-0.15, -0.1) is 0 Å². The van der Waals surface area contributed by atoms with Crippen LogP contribution in [0.4, 0.5) is 0 Å². The fourth-order valence-electron chi connectivity index (χ4n) is 1.75. The predicted molar refractivity (Wildman–Crippen MR) is 71.7 cm³/mol. The summed E-state index contributed by atoms with van der Waals surface area (Å²) in [6.45, 7) is 12.1. The van der Waals surface area contributed by atoms with Gasteiger partial charge in [0.05, 0.1) is 0 Å². The van der Waals surface area contributed by atoms with E-state index in [1.165, 1.54) is 23.1 Å². The van der Waals surface area contributed by atoms with Crippen LogP contribution < -0.4 is 5.32 Å². The monoisotopic (exact) mass is 219 g/mol. The summed E-state index contributed by atoms with van der Waals surface area (Å²) in [7, 11) is 0. The van der Waals surface area contributed by atoms with Gasteiger partial charge in [-0.1, -0.05) is 38.5 Å². The van der Waals surface area contributed by atoms with Crippen molar-refractivity contribution in [2.45, 2.75) is 53.6 Å². The van der Waals surface area contributed by atoms with Crippen LogP contribution >= 0.6 is 0 Å². The van der Waals surface area contributed by atoms with Crippen molar-refractivity contribution in [1.29, 1.82) is 0 Å². The Kier molecular flexibility index (Phi) is 5.01. The predicted octanol–water partition coefficient (Wildman–Crippen LogP) is 3.83. The molecule has 0 aliphatic carbocycles. The van der Waals surface area contributed by atoms with Crippen molar-refractivity contribution in [1.82, 2.24) is 5.32 Å². The lowest BCUT2D eigenvalue weighted by Crippen LogP contribution is -2.31. The molecule has 0 heterocycles. The zero-order chi connectivity index (χ0) is 12.1. The Morgan fingerprint density at radius 3 is 2.38 bits per heavy atom. The Hall–Kier alpha value is -0.820. The summed E-state index contributed by atoms with van der Waals surface area (Å²) in [6.07, 6.45) is 1.24. The van der Waals surface area contributed by atoms with Crippen LogP contribution in [-0.4, -0.2) is 6.04 Å². The average Bonchev–Trinajstić information content (AvgIpc) is 2.29. The minimum absolute atomic E-state index is 0.589. The van der Waals surface area contributed by atoms with Crippen LogP contribution in [0.25, 0.3) is 0 Å². The summed E-state index contributed by atoms with van der Waals surface area (Å²) in [5.74, 6) is 0.742. The number of nitrogens with one attached hydrogen (secondary N) is 1. The Bertz CT molecular complexity index is 330. The number of aryl methyl sites for hydroxylation is 2. The minimum atomic E-state index is 0.589. The summed E-state index contributed by atoms with van der Waals surface area (Å²) in [5.41, 5.74) is 4.15. The first-order valence-corrected chi connectivity index (χ1v) is 6.34. The van der Waals surface area contributed by atoms with Gasteiger partial charge in [-0.05, 0) is 43.4 Å². The second kappa shape index (κ2) is 6.05. The normalized spacial score (nSPS) is 14.8. The SMILES string of the molecule is CCC(C)C(C)NCc1ccc(C)c(C)c1. The lowest BCUT2D eigenvalue weighted by molar-refractivity contribution is 0.389. The van der Waals surface area contributed by atoms with Gasteiger partial charge in [-0.25, -0.2) is 0 Å². The van der Waals surface area contributed by atoms with E-state index in [9.17, 15) is 0 Å². The zero-order valence-electron chi connectivity index (χ0n) is 11.3. The molecule has 0 saturated carbocycles. The second-order valence-corrected chi connectivity index (χ2v) is 4.97. The van der Waals surface area contributed by atoms with Crippen molar-refractivity contribution >= 4 is 0 Å². The topological polar surface area (TPSA) is 12.0 Å². The Balaban J connectivity index is 2.51. The molecule has 1 N–H and O–H groups in total. The van der Waals surface area contributed by atoms with Gasteiger partial charge in [-0.3, -0.25) is 0 Å². The van der Waals surface area contributed by atoms with Gasteiger partial charge in [0.25, 0.3) is 0 Å². The molecule has 0 spiro atoms. The largest absolute Gasteiger partial charge is 0.310 e. The Morgan fingerprint density at radius 2 is 1.81 bits per heavy atom. The van der Waals surface area contributed by atoms with Crippen LogP contribution in [0.15, 0.2) is 18.2 Å². The summed E-state index contributed by atoms with van der Waals surface area (Å²) in [4.78, 5) is 0. The van der Waals surface area contributed by atoms with Gasteiger partial charge in [0.2, 0.25) is 0 Å². The molecule has 0 fully saturated rings. The van der Waals surface area contributed by atoms with E-state index in [1.54, 1.807) is 0 Å². The average molecular weight is 219 g/mol. The maximum absolute atomic E-state index is 3.60. The number of rotatable bonds is 5. The standard InChI is InChI=1S/C15H25N/c1-6-11(2)14(5)16-10-15-8-7-12(3)13(4)9-15/h7-9,11,14,16H,6,10H2,1-5H3. The van der Waals surface area contributed by atoms with Gasteiger partial charge in [0.1, 0.15) is 0 Å². The van der Waals surface area contributed by atoms with Crippen molar-refractivity contribution in [3.8, 4) is 0 Å². The van der Waals surface area contributed by atoms with Crippen molar-refractivity contribution in [2.75, 3.05) is 0 Å². The minimum Gasteiger partial charge on any atom is -0.310 e. The summed E-state index contributed by atoms with van der Waals surface area (Å²) in [5, 5.41) is 3.60. The molecule has 1 rings (SSSR count). The maximum Gasteiger partial charge on any atom is 0.0208 e. The molecule has 90 valence electrons. The van der Waals surface area contributed by atoms with E-state index >= 15 is 0 Å².